The molecule has 1 aromatic carbocycles. The Morgan fingerprint density at radius 3 is 2.71 bits per heavy atom. The van der Waals surface area contributed by atoms with E-state index in [1.54, 1.807) is 6.07 Å². The summed E-state index contributed by atoms with van der Waals surface area (Å²) < 4.78 is 29.7. The maximum atomic E-state index is 13.7. The Bertz CT molecular complexity index is 640. The Kier molecular flexibility index (Phi) is 5.11. The number of benzene rings is 1. The highest BCUT2D eigenvalue weighted by molar-refractivity contribution is 9.10. The minimum Gasteiger partial charge on any atom is -0.327 e. The van der Waals surface area contributed by atoms with Crippen LogP contribution in [-0.2, 0) is 19.4 Å². The van der Waals surface area contributed by atoms with Crippen LogP contribution in [0.2, 0.25) is 0 Å². The van der Waals surface area contributed by atoms with Crippen molar-refractivity contribution in [1.29, 1.82) is 0 Å². The van der Waals surface area contributed by atoms with E-state index < -0.39 is 11.6 Å². The molecule has 2 aromatic rings. The van der Waals surface area contributed by atoms with Gasteiger partial charge >= 0.3 is 0 Å². The second-order valence-corrected chi connectivity index (χ2v) is 5.84. The number of nitrogens with two attached hydrogens (primary N) is 1. The van der Waals surface area contributed by atoms with E-state index in [1.165, 1.54) is 6.07 Å². The third-order valence-electron chi connectivity index (χ3n) is 3.42. The second kappa shape index (κ2) is 6.66. The highest BCUT2D eigenvalue weighted by atomic mass is 79.9. The summed E-state index contributed by atoms with van der Waals surface area (Å²) in [6.45, 7) is 4.65. The number of hydrogen-bond donors (Lipinski definition) is 1. The SMILES string of the molecule is CCn1nc(C)c(Br)c1CC(N)Cc1cccc(F)c1F. The molecule has 0 bridgehead atoms. The maximum absolute atomic E-state index is 13.7. The Morgan fingerprint density at radius 1 is 1.33 bits per heavy atom. The Labute approximate surface area is 131 Å². The molecule has 0 aliphatic carbocycles. The topological polar surface area (TPSA) is 43.8 Å². The molecule has 0 amide bonds. The number of rotatable bonds is 5. The summed E-state index contributed by atoms with van der Waals surface area (Å²) in [5, 5.41) is 4.40. The number of nitrogens with zero attached hydrogens (tertiary/aromatic N) is 2. The van der Waals surface area contributed by atoms with Crippen LogP contribution in [0.15, 0.2) is 22.7 Å². The fourth-order valence-corrected chi connectivity index (χ4v) is 2.82. The molecule has 114 valence electrons. The van der Waals surface area contributed by atoms with Gasteiger partial charge in [0.05, 0.1) is 15.9 Å². The second-order valence-electron chi connectivity index (χ2n) is 5.04. The molecule has 21 heavy (non-hydrogen) atoms. The van der Waals surface area contributed by atoms with Crippen molar-refractivity contribution in [1.82, 2.24) is 9.78 Å². The van der Waals surface area contributed by atoms with Crippen LogP contribution in [0, 0.1) is 18.6 Å². The normalized spacial score (nSPS) is 12.7. The van der Waals surface area contributed by atoms with Crippen molar-refractivity contribution in [2.75, 3.05) is 0 Å². The first-order chi connectivity index (χ1) is 9.93. The van der Waals surface area contributed by atoms with Crippen molar-refractivity contribution in [3.8, 4) is 0 Å². The first kappa shape index (κ1) is 16.1. The van der Waals surface area contributed by atoms with Gasteiger partial charge in [0, 0.05) is 19.0 Å². The van der Waals surface area contributed by atoms with Crippen LogP contribution in [0.3, 0.4) is 0 Å². The van der Waals surface area contributed by atoms with Gasteiger partial charge in [-0.1, -0.05) is 12.1 Å². The van der Waals surface area contributed by atoms with Crippen LogP contribution in [-0.4, -0.2) is 15.8 Å². The molecule has 0 aliphatic heterocycles. The van der Waals surface area contributed by atoms with Crippen molar-refractivity contribution in [2.24, 2.45) is 5.73 Å². The highest BCUT2D eigenvalue weighted by Gasteiger charge is 2.17. The minimum atomic E-state index is -0.838. The molecule has 1 heterocycles. The summed E-state index contributed by atoms with van der Waals surface area (Å²) in [6, 6.07) is 3.86. The average molecular weight is 358 g/mol. The lowest BCUT2D eigenvalue weighted by molar-refractivity contribution is 0.490. The van der Waals surface area contributed by atoms with Crippen molar-refractivity contribution in [3.05, 3.63) is 51.3 Å². The molecule has 3 nitrogen and oxygen atoms in total. The standard InChI is InChI=1S/C15H18BrF2N3/c1-3-21-13(14(16)9(2)20-21)8-11(19)7-10-5-4-6-12(17)15(10)18/h4-6,11H,3,7-8,19H2,1-2H3. The highest BCUT2D eigenvalue weighted by Crippen LogP contribution is 2.23. The monoisotopic (exact) mass is 357 g/mol. The van der Waals surface area contributed by atoms with Crippen molar-refractivity contribution in [3.63, 3.8) is 0 Å². The van der Waals surface area contributed by atoms with E-state index in [0.29, 0.717) is 12.0 Å². The van der Waals surface area contributed by atoms with Gasteiger partial charge in [0.25, 0.3) is 0 Å². The molecule has 1 atom stereocenters. The van der Waals surface area contributed by atoms with Crippen LogP contribution < -0.4 is 5.73 Å². The molecule has 1 aromatic heterocycles. The zero-order valence-corrected chi connectivity index (χ0v) is 13.6. The summed E-state index contributed by atoms with van der Waals surface area (Å²) in [4.78, 5) is 0. The zero-order chi connectivity index (χ0) is 15.6. The van der Waals surface area contributed by atoms with Crippen LogP contribution in [0.1, 0.15) is 23.9 Å². The largest absolute Gasteiger partial charge is 0.327 e. The minimum absolute atomic E-state index is 0.282. The van der Waals surface area contributed by atoms with Gasteiger partial charge in [0.15, 0.2) is 11.6 Å². The molecule has 6 heteroatoms. The predicted octanol–water partition coefficient (Wildman–Crippen LogP) is 3.36. The van der Waals surface area contributed by atoms with Gasteiger partial charge in [-0.2, -0.15) is 5.10 Å². The summed E-state index contributed by atoms with van der Waals surface area (Å²) in [6.07, 6.45) is 0.829. The molecule has 0 spiro atoms. The molecule has 1 unspecified atom stereocenters. The van der Waals surface area contributed by atoms with Gasteiger partial charge in [0.1, 0.15) is 0 Å². The van der Waals surface area contributed by atoms with E-state index in [-0.39, 0.29) is 12.5 Å². The van der Waals surface area contributed by atoms with Crippen molar-refractivity contribution >= 4 is 15.9 Å². The predicted molar refractivity (Wildman–Crippen MR) is 82.1 cm³/mol. The maximum Gasteiger partial charge on any atom is 0.162 e. The third-order valence-corrected chi connectivity index (χ3v) is 4.45. The molecule has 0 saturated carbocycles. The van der Waals surface area contributed by atoms with E-state index in [1.807, 2.05) is 18.5 Å². The Hall–Kier alpha value is -1.27. The van der Waals surface area contributed by atoms with Crippen LogP contribution in [0.25, 0.3) is 0 Å². The Balaban J connectivity index is 2.15. The van der Waals surface area contributed by atoms with Gasteiger partial charge in [-0.05, 0) is 47.8 Å². The third kappa shape index (κ3) is 3.49. The van der Waals surface area contributed by atoms with Gasteiger partial charge in [-0.15, -0.1) is 0 Å². The van der Waals surface area contributed by atoms with Crippen LogP contribution in [0.5, 0.6) is 0 Å². The number of aryl methyl sites for hydroxylation is 2. The summed E-state index contributed by atoms with van der Waals surface area (Å²) in [7, 11) is 0. The Morgan fingerprint density at radius 2 is 2.05 bits per heavy atom. The first-order valence-corrected chi connectivity index (χ1v) is 7.63. The van der Waals surface area contributed by atoms with Crippen LogP contribution >= 0.6 is 15.9 Å². The van der Waals surface area contributed by atoms with Gasteiger partial charge in [0.2, 0.25) is 0 Å². The summed E-state index contributed by atoms with van der Waals surface area (Å²) in [5.41, 5.74) is 8.30. The molecule has 0 aliphatic rings. The summed E-state index contributed by atoms with van der Waals surface area (Å²) in [5.74, 6) is -1.65. The van der Waals surface area contributed by atoms with Gasteiger partial charge in [-0.25, -0.2) is 8.78 Å². The molecule has 2 N–H and O–H groups in total. The van der Waals surface area contributed by atoms with Gasteiger partial charge in [-0.3, -0.25) is 4.68 Å². The molecule has 0 radical (unpaired) electrons. The van der Waals surface area contributed by atoms with Crippen LogP contribution in [0.4, 0.5) is 8.78 Å². The smallest absolute Gasteiger partial charge is 0.162 e. The van der Waals surface area contributed by atoms with Gasteiger partial charge < -0.3 is 5.73 Å². The molecule has 0 saturated heterocycles. The van der Waals surface area contributed by atoms with E-state index in [2.05, 4.69) is 21.0 Å². The quantitative estimate of drug-likeness (QED) is 0.891. The molecule has 0 fully saturated rings. The molecule has 2 rings (SSSR count). The number of hydrogen-bond acceptors (Lipinski definition) is 2. The molecular formula is C15H18BrF2N3. The van der Waals surface area contributed by atoms with E-state index in [9.17, 15) is 8.78 Å². The fourth-order valence-electron chi connectivity index (χ4n) is 2.37. The molecular weight excluding hydrogens is 340 g/mol. The fraction of sp³-hybridized carbons (Fsp3) is 0.400. The van der Waals surface area contributed by atoms with Crippen molar-refractivity contribution < 1.29 is 8.78 Å². The zero-order valence-electron chi connectivity index (χ0n) is 12.0. The summed E-state index contributed by atoms with van der Waals surface area (Å²) >= 11 is 3.51. The van der Waals surface area contributed by atoms with E-state index in [4.69, 9.17) is 5.73 Å². The lowest BCUT2D eigenvalue weighted by Gasteiger charge is -2.14. The average Bonchev–Trinajstić information content (AvgIpc) is 2.71. The van der Waals surface area contributed by atoms with Crippen molar-refractivity contribution in [2.45, 2.75) is 39.3 Å². The number of halogens is 3. The first-order valence-electron chi connectivity index (χ1n) is 6.84. The number of aromatic nitrogens is 2. The lowest BCUT2D eigenvalue weighted by Crippen LogP contribution is -2.27. The van der Waals surface area contributed by atoms with E-state index in [0.717, 1.165) is 28.5 Å². The van der Waals surface area contributed by atoms with E-state index >= 15 is 0 Å². The lowest BCUT2D eigenvalue weighted by atomic mass is 10.0.